The quantitative estimate of drug-likeness (QED) is 0.895. The van der Waals surface area contributed by atoms with E-state index in [1.54, 1.807) is 12.1 Å². The SMILES string of the molecule is Cl.O=C(CN1CCC2NCCC2C1)Nc1cccc(F)c1. The Morgan fingerprint density at radius 3 is 3.10 bits per heavy atom. The van der Waals surface area contributed by atoms with Crippen LogP contribution in [0.25, 0.3) is 0 Å². The molecular weight excluding hydrogens is 293 g/mol. The molecule has 0 bridgehead atoms. The van der Waals surface area contributed by atoms with Crippen LogP contribution in [-0.2, 0) is 4.79 Å². The number of fused-ring (bicyclic) bond motifs is 1. The lowest BCUT2D eigenvalue weighted by atomic mass is 9.93. The lowest BCUT2D eigenvalue weighted by molar-refractivity contribution is -0.117. The third-order valence-corrected chi connectivity index (χ3v) is 4.22. The molecule has 0 aromatic heterocycles. The lowest BCUT2D eigenvalue weighted by Gasteiger charge is -2.34. The number of likely N-dealkylation sites (tertiary alicyclic amines) is 1. The van der Waals surface area contributed by atoms with Crippen LogP contribution in [-0.4, -0.2) is 43.0 Å². The van der Waals surface area contributed by atoms with Crippen LogP contribution in [0.5, 0.6) is 0 Å². The summed E-state index contributed by atoms with van der Waals surface area (Å²) in [5.74, 6) is 0.270. The number of rotatable bonds is 3. The summed E-state index contributed by atoms with van der Waals surface area (Å²) in [4.78, 5) is 14.2. The van der Waals surface area contributed by atoms with Crippen LogP contribution >= 0.6 is 12.4 Å². The average molecular weight is 314 g/mol. The molecule has 3 rings (SSSR count). The molecule has 2 atom stereocenters. The molecule has 2 fully saturated rings. The smallest absolute Gasteiger partial charge is 0.238 e. The van der Waals surface area contributed by atoms with Crippen molar-refractivity contribution in [3.05, 3.63) is 30.1 Å². The number of halogens is 2. The fraction of sp³-hybridized carbons (Fsp3) is 0.533. The highest BCUT2D eigenvalue weighted by Gasteiger charge is 2.32. The second-order valence-corrected chi connectivity index (χ2v) is 5.69. The van der Waals surface area contributed by atoms with Crippen molar-refractivity contribution in [2.75, 3.05) is 31.5 Å². The normalized spacial score (nSPS) is 25.0. The van der Waals surface area contributed by atoms with Crippen LogP contribution in [0, 0.1) is 11.7 Å². The third kappa shape index (κ3) is 4.15. The first-order valence-corrected chi connectivity index (χ1v) is 7.22. The lowest BCUT2D eigenvalue weighted by Crippen LogP contribution is -2.46. The fourth-order valence-electron chi connectivity index (χ4n) is 3.24. The van der Waals surface area contributed by atoms with Gasteiger partial charge in [-0.15, -0.1) is 12.4 Å². The van der Waals surface area contributed by atoms with Crippen molar-refractivity contribution in [2.45, 2.75) is 18.9 Å². The van der Waals surface area contributed by atoms with Crippen LogP contribution in [0.2, 0.25) is 0 Å². The topological polar surface area (TPSA) is 44.4 Å². The standard InChI is InChI=1S/C15H20FN3O.ClH/c16-12-2-1-3-13(8-12)18-15(20)10-19-7-5-14-11(9-19)4-6-17-14;/h1-3,8,11,14,17H,4-7,9-10H2,(H,18,20);1H. The van der Waals surface area contributed by atoms with E-state index in [2.05, 4.69) is 15.5 Å². The molecule has 1 aromatic carbocycles. The molecule has 2 unspecified atom stereocenters. The maximum Gasteiger partial charge on any atom is 0.238 e. The zero-order valence-corrected chi connectivity index (χ0v) is 12.7. The molecule has 2 aliphatic rings. The first-order valence-electron chi connectivity index (χ1n) is 7.22. The van der Waals surface area contributed by atoms with E-state index >= 15 is 0 Å². The van der Waals surface area contributed by atoms with Crippen LogP contribution in [0.3, 0.4) is 0 Å². The van der Waals surface area contributed by atoms with Gasteiger partial charge in [0.15, 0.2) is 0 Å². The van der Waals surface area contributed by atoms with Gasteiger partial charge in [-0.1, -0.05) is 6.07 Å². The summed E-state index contributed by atoms with van der Waals surface area (Å²) < 4.78 is 13.1. The van der Waals surface area contributed by atoms with Gasteiger partial charge in [-0.2, -0.15) is 0 Å². The highest BCUT2D eigenvalue weighted by atomic mass is 35.5. The van der Waals surface area contributed by atoms with E-state index in [1.165, 1.54) is 18.6 Å². The van der Waals surface area contributed by atoms with Gasteiger partial charge in [0.25, 0.3) is 0 Å². The van der Waals surface area contributed by atoms with Gasteiger partial charge in [0.2, 0.25) is 5.91 Å². The minimum absolute atomic E-state index is 0. The molecule has 0 radical (unpaired) electrons. The van der Waals surface area contributed by atoms with E-state index in [1.807, 2.05) is 0 Å². The largest absolute Gasteiger partial charge is 0.325 e. The highest BCUT2D eigenvalue weighted by Crippen LogP contribution is 2.24. The van der Waals surface area contributed by atoms with Gasteiger partial charge in [-0.05, 0) is 43.5 Å². The molecule has 0 spiro atoms. The van der Waals surface area contributed by atoms with E-state index in [0.29, 0.717) is 24.2 Å². The zero-order chi connectivity index (χ0) is 13.9. The number of nitrogens with zero attached hydrogens (tertiary/aromatic N) is 1. The van der Waals surface area contributed by atoms with Crippen LogP contribution in [0.15, 0.2) is 24.3 Å². The van der Waals surface area contributed by atoms with Crippen molar-refractivity contribution in [3.8, 4) is 0 Å². The molecular formula is C15H21ClFN3O. The van der Waals surface area contributed by atoms with Gasteiger partial charge in [-0.25, -0.2) is 4.39 Å². The fourth-order valence-corrected chi connectivity index (χ4v) is 3.24. The molecule has 0 aliphatic carbocycles. The number of carbonyl (C=O) groups is 1. The predicted molar refractivity (Wildman–Crippen MR) is 83.2 cm³/mol. The summed E-state index contributed by atoms with van der Waals surface area (Å²) in [7, 11) is 0. The third-order valence-electron chi connectivity index (χ3n) is 4.22. The van der Waals surface area contributed by atoms with Gasteiger partial charge >= 0.3 is 0 Å². The molecule has 21 heavy (non-hydrogen) atoms. The average Bonchev–Trinajstić information content (AvgIpc) is 2.86. The van der Waals surface area contributed by atoms with Crippen molar-refractivity contribution >= 4 is 24.0 Å². The number of carbonyl (C=O) groups excluding carboxylic acids is 1. The molecule has 2 aliphatic heterocycles. The molecule has 0 saturated carbocycles. The summed E-state index contributed by atoms with van der Waals surface area (Å²) in [6.45, 7) is 3.41. The van der Waals surface area contributed by atoms with Gasteiger partial charge in [0.05, 0.1) is 6.54 Å². The van der Waals surface area contributed by atoms with Crippen molar-refractivity contribution in [1.82, 2.24) is 10.2 Å². The molecule has 2 N–H and O–H groups in total. The molecule has 2 saturated heterocycles. The number of benzene rings is 1. The number of piperidine rings is 1. The zero-order valence-electron chi connectivity index (χ0n) is 11.8. The molecule has 1 amide bonds. The number of hydrogen-bond acceptors (Lipinski definition) is 3. The van der Waals surface area contributed by atoms with E-state index in [-0.39, 0.29) is 24.1 Å². The van der Waals surface area contributed by atoms with Crippen molar-refractivity contribution in [2.24, 2.45) is 5.92 Å². The van der Waals surface area contributed by atoms with Crippen molar-refractivity contribution in [3.63, 3.8) is 0 Å². The number of hydrogen-bond donors (Lipinski definition) is 2. The summed E-state index contributed by atoms with van der Waals surface area (Å²) in [6.07, 6.45) is 2.31. The van der Waals surface area contributed by atoms with Gasteiger partial charge in [0, 0.05) is 24.8 Å². The summed E-state index contributed by atoms with van der Waals surface area (Å²) >= 11 is 0. The highest BCUT2D eigenvalue weighted by molar-refractivity contribution is 5.92. The van der Waals surface area contributed by atoms with E-state index < -0.39 is 0 Å². The Morgan fingerprint density at radius 2 is 2.29 bits per heavy atom. The van der Waals surface area contributed by atoms with Crippen LogP contribution in [0.4, 0.5) is 10.1 Å². The molecule has 1 aromatic rings. The summed E-state index contributed by atoms with van der Waals surface area (Å²) in [6, 6.07) is 6.64. The van der Waals surface area contributed by atoms with Gasteiger partial charge in [0.1, 0.15) is 5.82 Å². The number of amides is 1. The van der Waals surface area contributed by atoms with Crippen LogP contribution in [0.1, 0.15) is 12.8 Å². The molecule has 2 heterocycles. The van der Waals surface area contributed by atoms with Crippen molar-refractivity contribution < 1.29 is 9.18 Å². The Labute approximate surface area is 130 Å². The van der Waals surface area contributed by atoms with E-state index in [9.17, 15) is 9.18 Å². The number of nitrogens with one attached hydrogen (secondary N) is 2. The maximum atomic E-state index is 13.1. The van der Waals surface area contributed by atoms with E-state index in [4.69, 9.17) is 0 Å². The Hall–Kier alpha value is -1.17. The minimum Gasteiger partial charge on any atom is -0.325 e. The first-order chi connectivity index (χ1) is 9.70. The maximum absolute atomic E-state index is 13.1. The predicted octanol–water partition coefficient (Wildman–Crippen LogP) is 1.87. The summed E-state index contributed by atoms with van der Waals surface area (Å²) in [5, 5.41) is 6.26. The second kappa shape index (κ2) is 7.20. The first kappa shape index (κ1) is 16.2. The van der Waals surface area contributed by atoms with E-state index in [0.717, 1.165) is 26.1 Å². The molecule has 116 valence electrons. The minimum atomic E-state index is -0.333. The Kier molecular flexibility index (Phi) is 5.56. The second-order valence-electron chi connectivity index (χ2n) is 5.69. The van der Waals surface area contributed by atoms with Crippen LogP contribution < -0.4 is 10.6 Å². The monoisotopic (exact) mass is 313 g/mol. The Bertz CT molecular complexity index is 500. The Morgan fingerprint density at radius 1 is 1.43 bits per heavy atom. The summed E-state index contributed by atoms with van der Waals surface area (Å²) in [5.41, 5.74) is 0.521. The van der Waals surface area contributed by atoms with Crippen molar-refractivity contribution in [1.29, 1.82) is 0 Å². The number of anilines is 1. The molecule has 6 heteroatoms. The van der Waals surface area contributed by atoms with Gasteiger partial charge < -0.3 is 10.6 Å². The Balaban J connectivity index is 0.00000161. The van der Waals surface area contributed by atoms with Gasteiger partial charge in [-0.3, -0.25) is 9.69 Å². The molecule has 4 nitrogen and oxygen atoms in total.